The van der Waals surface area contributed by atoms with Gasteiger partial charge in [-0.15, -0.1) is 11.8 Å². The van der Waals surface area contributed by atoms with Crippen LogP contribution in [0.3, 0.4) is 0 Å². The lowest BCUT2D eigenvalue weighted by atomic mass is 10.1. The first-order valence-corrected chi connectivity index (χ1v) is 12.1. The van der Waals surface area contributed by atoms with Crippen molar-refractivity contribution < 1.29 is 32.9 Å². The third-order valence-corrected chi connectivity index (χ3v) is 6.43. The quantitative estimate of drug-likeness (QED) is 0.156. The fourth-order valence-electron chi connectivity index (χ4n) is 3.49. The van der Waals surface area contributed by atoms with Gasteiger partial charge in [0.2, 0.25) is 11.6 Å². The zero-order valence-electron chi connectivity index (χ0n) is 20.3. The summed E-state index contributed by atoms with van der Waals surface area (Å²) < 4.78 is 45.9. The van der Waals surface area contributed by atoms with Crippen LogP contribution >= 0.6 is 11.8 Å². The number of benzene rings is 2. The van der Waals surface area contributed by atoms with Gasteiger partial charge in [0.05, 0.1) is 19.1 Å². The number of ether oxygens (including phenoxy) is 3. The Morgan fingerprint density at radius 3 is 2.71 bits per heavy atom. The van der Waals surface area contributed by atoms with E-state index in [1.165, 1.54) is 43.1 Å². The highest BCUT2D eigenvalue weighted by Crippen LogP contribution is 2.40. The minimum absolute atomic E-state index is 0.0753. The van der Waals surface area contributed by atoms with Gasteiger partial charge in [-0.1, -0.05) is 0 Å². The van der Waals surface area contributed by atoms with E-state index in [2.05, 4.69) is 14.7 Å². The number of aliphatic imine (C=N–C) groups is 1. The number of nitrogen functional groups attached to an aromatic ring is 1. The van der Waals surface area contributed by atoms with Crippen molar-refractivity contribution in [2.45, 2.75) is 11.1 Å². The SMILES string of the molecule is COC(=O)CSc1ccc(Oc2c(F)cnc(Oc3cc(C(=N)N)ccc3O)c2F)c(C2N=CCN2C)c1. The van der Waals surface area contributed by atoms with E-state index in [-0.39, 0.29) is 34.4 Å². The highest BCUT2D eigenvalue weighted by Gasteiger charge is 2.26. The molecule has 1 atom stereocenters. The van der Waals surface area contributed by atoms with Gasteiger partial charge in [0.15, 0.2) is 17.3 Å². The van der Waals surface area contributed by atoms with Gasteiger partial charge < -0.3 is 25.1 Å². The molecule has 13 heteroatoms. The number of pyridine rings is 1. The number of aromatic hydroxyl groups is 1. The second-order valence-electron chi connectivity index (χ2n) is 8.06. The Balaban J connectivity index is 1.68. The maximum absolute atomic E-state index is 15.4. The molecule has 0 bridgehead atoms. The second kappa shape index (κ2) is 11.4. The van der Waals surface area contributed by atoms with Gasteiger partial charge in [-0.2, -0.15) is 4.39 Å². The number of phenols is 1. The zero-order valence-corrected chi connectivity index (χ0v) is 21.1. The summed E-state index contributed by atoms with van der Waals surface area (Å²) in [4.78, 5) is 22.2. The number of carbonyl (C=O) groups excluding carboxylic acids is 1. The van der Waals surface area contributed by atoms with Gasteiger partial charge in [-0.3, -0.25) is 20.1 Å². The number of esters is 1. The highest BCUT2D eigenvalue weighted by molar-refractivity contribution is 8.00. The molecule has 0 saturated carbocycles. The van der Waals surface area contributed by atoms with Crippen LogP contribution in [0.25, 0.3) is 0 Å². The number of amidine groups is 1. The van der Waals surface area contributed by atoms with Gasteiger partial charge in [0.1, 0.15) is 17.8 Å². The Kier molecular flexibility index (Phi) is 8.08. The van der Waals surface area contributed by atoms with Crippen molar-refractivity contribution in [3.05, 3.63) is 65.4 Å². The first kappa shape index (κ1) is 26.8. The van der Waals surface area contributed by atoms with Gasteiger partial charge in [0.25, 0.3) is 5.88 Å². The molecule has 3 aromatic rings. The van der Waals surface area contributed by atoms with E-state index >= 15 is 4.39 Å². The van der Waals surface area contributed by atoms with Crippen LogP contribution in [-0.2, 0) is 9.53 Å². The predicted octanol–water partition coefficient (Wildman–Crippen LogP) is 4.21. The van der Waals surface area contributed by atoms with E-state index in [1.54, 1.807) is 18.3 Å². The minimum Gasteiger partial charge on any atom is -0.504 e. The molecule has 0 spiro atoms. The van der Waals surface area contributed by atoms with Crippen LogP contribution in [0.2, 0.25) is 0 Å². The van der Waals surface area contributed by atoms with E-state index in [4.69, 9.17) is 20.6 Å². The van der Waals surface area contributed by atoms with Crippen molar-refractivity contribution in [3.63, 3.8) is 0 Å². The van der Waals surface area contributed by atoms with Crippen LogP contribution < -0.4 is 15.2 Å². The minimum atomic E-state index is -1.25. The van der Waals surface area contributed by atoms with Crippen molar-refractivity contribution in [3.8, 4) is 28.9 Å². The Hall–Kier alpha value is -4.23. The Morgan fingerprint density at radius 2 is 2.03 bits per heavy atom. The number of hydrogen-bond acceptors (Lipinski definition) is 10. The number of hydrogen-bond donors (Lipinski definition) is 3. The van der Waals surface area contributed by atoms with Crippen LogP contribution in [0.4, 0.5) is 8.78 Å². The fourth-order valence-corrected chi connectivity index (χ4v) is 4.27. The van der Waals surface area contributed by atoms with E-state index in [1.807, 2.05) is 11.9 Å². The van der Waals surface area contributed by atoms with E-state index < -0.39 is 35.4 Å². The lowest BCUT2D eigenvalue weighted by Crippen LogP contribution is -2.19. The summed E-state index contributed by atoms with van der Waals surface area (Å²) in [5.74, 6) is -4.90. The smallest absolute Gasteiger partial charge is 0.315 e. The molecule has 4 rings (SSSR count). The number of rotatable bonds is 9. The van der Waals surface area contributed by atoms with Gasteiger partial charge in [0, 0.05) is 28.8 Å². The van der Waals surface area contributed by atoms with Crippen LogP contribution in [0.15, 0.2) is 52.5 Å². The third-order valence-electron chi connectivity index (χ3n) is 5.47. The summed E-state index contributed by atoms with van der Waals surface area (Å²) in [5.41, 5.74) is 6.19. The molecule has 2 aromatic carbocycles. The number of phenolic OH excluding ortho intramolecular Hbond substituents is 1. The molecule has 1 unspecified atom stereocenters. The molecule has 0 saturated heterocycles. The number of carbonyl (C=O) groups is 1. The van der Waals surface area contributed by atoms with Crippen LogP contribution in [0.1, 0.15) is 17.3 Å². The normalized spacial score (nSPS) is 14.9. The molecule has 2 heterocycles. The van der Waals surface area contributed by atoms with Gasteiger partial charge >= 0.3 is 5.97 Å². The summed E-state index contributed by atoms with van der Waals surface area (Å²) in [7, 11) is 3.13. The average Bonchev–Trinajstić information content (AvgIpc) is 3.33. The van der Waals surface area contributed by atoms with Crippen LogP contribution in [-0.4, -0.2) is 59.5 Å². The standard InChI is InChI=1S/C25H23F2N5O5S/c1-32-8-7-30-24(32)15-10-14(38-12-20(34)35-2)4-6-18(15)36-22-16(26)11-31-25(21(22)27)37-19-9-13(23(28)29)3-5-17(19)33/h3-7,9-11,24,33H,8,12H2,1-2H3,(H3,28,29). The summed E-state index contributed by atoms with van der Waals surface area (Å²) in [6, 6.07) is 8.72. The Labute approximate surface area is 220 Å². The van der Waals surface area contributed by atoms with Gasteiger partial charge in [-0.25, -0.2) is 9.37 Å². The summed E-state index contributed by atoms with van der Waals surface area (Å²) >= 11 is 1.23. The number of nitrogens with one attached hydrogen (secondary N) is 1. The molecule has 0 aliphatic carbocycles. The molecule has 1 aliphatic heterocycles. The molecule has 4 N–H and O–H groups in total. The predicted molar refractivity (Wildman–Crippen MR) is 136 cm³/mol. The van der Waals surface area contributed by atoms with E-state index in [9.17, 15) is 14.3 Å². The number of thioether (sulfide) groups is 1. The molecule has 38 heavy (non-hydrogen) atoms. The average molecular weight is 544 g/mol. The van der Waals surface area contributed by atoms with Crippen molar-refractivity contribution in [2.75, 3.05) is 26.5 Å². The van der Waals surface area contributed by atoms with E-state index in [0.29, 0.717) is 17.0 Å². The Bertz CT molecular complexity index is 1420. The van der Waals surface area contributed by atoms with Crippen molar-refractivity contribution >= 4 is 29.8 Å². The summed E-state index contributed by atoms with van der Waals surface area (Å²) in [5, 5.41) is 17.6. The topological polar surface area (TPSA) is 143 Å². The summed E-state index contributed by atoms with van der Waals surface area (Å²) in [6.07, 6.45) is 1.95. The highest BCUT2D eigenvalue weighted by atomic mass is 32.2. The fraction of sp³-hybridized carbons (Fsp3) is 0.200. The number of aromatic nitrogens is 1. The van der Waals surface area contributed by atoms with Gasteiger partial charge in [-0.05, 0) is 43.4 Å². The van der Waals surface area contributed by atoms with Crippen molar-refractivity contribution in [1.29, 1.82) is 5.41 Å². The largest absolute Gasteiger partial charge is 0.504 e. The molecular formula is C25H23F2N5O5S. The molecule has 1 aliphatic rings. The second-order valence-corrected chi connectivity index (χ2v) is 9.11. The number of methoxy groups -OCH3 is 1. The number of nitrogens with zero attached hydrogens (tertiary/aromatic N) is 3. The Morgan fingerprint density at radius 1 is 1.24 bits per heavy atom. The lowest BCUT2D eigenvalue weighted by molar-refractivity contribution is -0.137. The molecule has 0 fully saturated rings. The number of nitrogens with two attached hydrogens (primary N) is 1. The lowest BCUT2D eigenvalue weighted by Gasteiger charge is -2.22. The maximum atomic E-state index is 15.4. The van der Waals surface area contributed by atoms with Crippen LogP contribution in [0.5, 0.6) is 28.9 Å². The third kappa shape index (κ3) is 5.84. The maximum Gasteiger partial charge on any atom is 0.315 e. The number of halogens is 2. The van der Waals surface area contributed by atoms with E-state index in [0.717, 1.165) is 6.20 Å². The first-order chi connectivity index (χ1) is 18.2. The molecule has 10 nitrogen and oxygen atoms in total. The molecular weight excluding hydrogens is 520 g/mol. The molecule has 1 aromatic heterocycles. The first-order valence-electron chi connectivity index (χ1n) is 11.1. The zero-order chi connectivity index (χ0) is 27.4. The van der Waals surface area contributed by atoms with Crippen LogP contribution in [0, 0.1) is 17.0 Å². The molecule has 198 valence electrons. The van der Waals surface area contributed by atoms with Crippen molar-refractivity contribution in [1.82, 2.24) is 9.88 Å². The van der Waals surface area contributed by atoms with Crippen molar-refractivity contribution in [2.24, 2.45) is 10.7 Å². The molecule has 0 radical (unpaired) electrons. The molecule has 0 amide bonds. The monoisotopic (exact) mass is 543 g/mol. The summed E-state index contributed by atoms with van der Waals surface area (Å²) in [6.45, 7) is 0.558.